The Morgan fingerprint density at radius 2 is 1.72 bits per heavy atom. The molecule has 0 saturated carbocycles. The second kappa shape index (κ2) is 7.13. The minimum Gasteiger partial charge on any atom is -0.344 e. The van der Waals surface area contributed by atoms with E-state index in [1.807, 2.05) is 45.4 Å². The van der Waals surface area contributed by atoms with Crippen molar-refractivity contribution in [1.82, 2.24) is 9.80 Å². The summed E-state index contributed by atoms with van der Waals surface area (Å²) in [5.41, 5.74) is 7.75. The van der Waals surface area contributed by atoms with Gasteiger partial charge in [-0.25, -0.2) is 0 Å². The summed E-state index contributed by atoms with van der Waals surface area (Å²) in [4.78, 5) is 15.9. The van der Waals surface area contributed by atoms with Crippen LogP contribution in [-0.2, 0) is 17.8 Å². The highest BCUT2D eigenvalue weighted by atomic mass is 16.2. The Morgan fingerprint density at radius 1 is 1.11 bits per heavy atom. The number of hydrogen-bond donors (Lipinski definition) is 1. The lowest BCUT2D eigenvalue weighted by Gasteiger charge is -2.20. The number of benzene rings is 1. The van der Waals surface area contributed by atoms with E-state index < -0.39 is 0 Å². The molecule has 0 aliphatic rings. The second-order valence-electron chi connectivity index (χ2n) is 4.77. The first-order valence-electron chi connectivity index (χ1n) is 6.20. The van der Waals surface area contributed by atoms with Crippen molar-refractivity contribution >= 4 is 5.91 Å². The normalized spacial score (nSPS) is 10.7. The Hall–Kier alpha value is -1.39. The lowest BCUT2D eigenvalue weighted by molar-refractivity contribution is -0.129. The number of hydrogen-bond acceptors (Lipinski definition) is 3. The van der Waals surface area contributed by atoms with Gasteiger partial charge in [0, 0.05) is 26.7 Å². The lowest BCUT2D eigenvalue weighted by Crippen LogP contribution is -2.34. The van der Waals surface area contributed by atoms with E-state index in [4.69, 9.17) is 5.73 Å². The molecule has 0 radical (unpaired) electrons. The predicted molar refractivity (Wildman–Crippen MR) is 74.2 cm³/mol. The van der Waals surface area contributed by atoms with Crippen LogP contribution in [0, 0.1) is 0 Å². The van der Waals surface area contributed by atoms with Crippen LogP contribution in [0.2, 0.25) is 0 Å². The van der Waals surface area contributed by atoms with Crippen LogP contribution in [0.25, 0.3) is 0 Å². The zero-order valence-electron chi connectivity index (χ0n) is 11.5. The summed E-state index contributed by atoms with van der Waals surface area (Å²) < 4.78 is 0. The average molecular weight is 249 g/mol. The van der Waals surface area contributed by atoms with E-state index in [-0.39, 0.29) is 5.91 Å². The monoisotopic (exact) mass is 249 g/mol. The summed E-state index contributed by atoms with van der Waals surface area (Å²) in [7, 11) is 5.85. The fourth-order valence-corrected chi connectivity index (χ4v) is 1.70. The Bertz CT molecular complexity index is 390. The molecule has 0 fully saturated rings. The quantitative estimate of drug-likeness (QED) is 0.807. The number of rotatable bonds is 6. The van der Waals surface area contributed by atoms with Crippen molar-refractivity contribution in [2.24, 2.45) is 5.73 Å². The molecule has 100 valence electrons. The van der Waals surface area contributed by atoms with Crippen molar-refractivity contribution in [3.05, 3.63) is 35.4 Å². The van der Waals surface area contributed by atoms with Gasteiger partial charge in [-0.15, -0.1) is 0 Å². The van der Waals surface area contributed by atoms with Crippen molar-refractivity contribution < 1.29 is 4.79 Å². The van der Waals surface area contributed by atoms with Crippen molar-refractivity contribution in [3.63, 3.8) is 0 Å². The minimum atomic E-state index is 0.137. The molecule has 1 aromatic carbocycles. The Labute approximate surface area is 109 Å². The van der Waals surface area contributed by atoms with Gasteiger partial charge in [0.25, 0.3) is 0 Å². The molecule has 0 spiro atoms. The summed E-state index contributed by atoms with van der Waals surface area (Å²) in [5, 5.41) is 0. The van der Waals surface area contributed by atoms with E-state index in [9.17, 15) is 4.79 Å². The molecule has 2 N–H and O–H groups in total. The molecule has 4 heteroatoms. The van der Waals surface area contributed by atoms with E-state index in [1.165, 1.54) is 0 Å². The molecular formula is C14H23N3O. The molecule has 18 heavy (non-hydrogen) atoms. The van der Waals surface area contributed by atoms with Gasteiger partial charge in [-0.05, 0) is 25.2 Å². The third kappa shape index (κ3) is 4.47. The highest BCUT2D eigenvalue weighted by Crippen LogP contribution is 2.09. The van der Waals surface area contributed by atoms with Gasteiger partial charge >= 0.3 is 0 Å². The van der Waals surface area contributed by atoms with Crippen molar-refractivity contribution in [1.29, 1.82) is 0 Å². The van der Waals surface area contributed by atoms with Crippen LogP contribution in [0.4, 0.5) is 0 Å². The third-order valence-corrected chi connectivity index (χ3v) is 2.99. The summed E-state index contributed by atoms with van der Waals surface area (Å²) in [5.74, 6) is 0.137. The molecule has 0 unspecified atom stereocenters. The topological polar surface area (TPSA) is 49.6 Å². The maximum atomic E-state index is 12.1. The third-order valence-electron chi connectivity index (χ3n) is 2.99. The van der Waals surface area contributed by atoms with Gasteiger partial charge in [-0.3, -0.25) is 4.79 Å². The largest absolute Gasteiger partial charge is 0.344 e. The van der Waals surface area contributed by atoms with Crippen LogP contribution in [0.3, 0.4) is 0 Å². The first kappa shape index (κ1) is 14.7. The fourth-order valence-electron chi connectivity index (χ4n) is 1.70. The molecule has 4 nitrogen and oxygen atoms in total. The predicted octanol–water partition coefficient (Wildman–Crippen LogP) is 0.708. The standard InChI is InChI=1S/C14H23N3O/c1-16(2)8-9-17(3)14(18)10-12-6-4-5-7-13(12)11-15/h4-7H,8-11,15H2,1-3H3. The summed E-state index contributed by atoms with van der Waals surface area (Å²) in [6, 6.07) is 7.84. The molecule has 0 saturated heterocycles. The number of nitrogens with two attached hydrogens (primary N) is 1. The number of amides is 1. The first-order valence-corrected chi connectivity index (χ1v) is 6.20. The number of likely N-dealkylation sites (N-methyl/N-ethyl adjacent to an activating group) is 2. The minimum absolute atomic E-state index is 0.137. The van der Waals surface area contributed by atoms with Gasteiger partial charge in [-0.1, -0.05) is 24.3 Å². The fraction of sp³-hybridized carbons (Fsp3) is 0.500. The highest BCUT2D eigenvalue weighted by molar-refractivity contribution is 5.78. The van der Waals surface area contributed by atoms with Crippen molar-refractivity contribution in [2.45, 2.75) is 13.0 Å². The smallest absolute Gasteiger partial charge is 0.226 e. The van der Waals surface area contributed by atoms with E-state index in [0.717, 1.165) is 24.2 Å². The van der Waals surface area contributed by atoms with Gasteiger partial charge in [0.15, 0.2) is 0 Å². The number of carbonyl (C=O) groups is 1. The average Bonchev–Trinajstić information content (AvgIpc) is 2.36. The molecule has 1 amide bonds. The molecule has 0 atom stereocenters. The highest BCUT2D eigenvalue weighted by Gasteiger charge is 2.11. The first-order chi connectivity index (χ1) is 8.54. The van der Waals surface area contributed by atoms with Crippen LogP contribution >= 0.6 is 0 Å². The van der Waals surface area contributed by atoms with Crippen molar-refractivity contribution in [2.75, 3.05) is 34.2 Å². The van der Waals surface area contributed by atoms with Crippen molar-refractivity contribution in [3.8, 4) is 0 Å². The molecule has 1 rings (SSSR count). The summed E-state index contributed by atoms with van der Waals surface area (Å²) >= 11 is 0. The van der Waals surface area contributed by atoms with Crippen LogP contribution < -0.4 is 5.73 Å². The zero-order valence-corrected chi connectivity index (χ0v) is 11.5. The Morgan fingerprint density at radius 3 is 2.28 bits per heavy atom. The lowest BCUT2D eigenvalue weighted by atomic mass is 10.0. The van der Waals surface area contributed by atoms with Crippen LogP contribution in [-0.4, -0.2) is 49.9 Å². The molecular weight excluding hydrogens is 226 g/mol. The van der Waals surface area contributed by atoms with Crippen LogP contribution in [0.15, 0.2) is 24.3 Å². The maximum Gasteiger partial charge on any atom is 0.226 e. The van der Waals surface area contributed by atoms with E-state index >= 15 is 0 Å². The Balaban J connectivity index is 2.58. The van der Waals surface area contributed by atoms with Crippen LogP contribution in [0.1, 0.15) is 11.1 Å². The zero-order chi connectivity index (χ0) is 13.5. The maximum absolute atomic E-state index is 12.1. The molecule has 0 aliphatic heterocycles. The Kier molecular flexibility index (Phi) is 5.82. The molecule has 0 aliphatic carbocycles. The van der Waals surface area contributed by atoms with E-state index in [0.29, 0.717) is 13.0 Å². The SMILES string of the molecule is CN(C)CCN(C)C(=O)Cc1ccccc1CN. The van der Waals surface area contributed by atoms with Gasteiger partial charge in [-0.2, -0.15) is 0 Å². The van der Waals surface area contributed by atoms with Gasteiger partial charge in [0.1, 0.15) is 0 Å². The van der Waals surface area contributed by atoms with E-state index in [2.05, 4.69) is 4.90 Å². The molecule has 1 aromatic rings. The van der Waals surface area contributed by atoms with E-state index in [1.54, 1.807) is 4.90 Å². The molecule has 0 aromatic heterocycles. The summed E-state index contributed by atoms with van der Waals surface area (Å²) in [6.45, 7) is 2.10. The van der Waals surface area contributed by atoms with Crippen LogP contribution in [0.5, 0.6) is 0 Å². The summed E-state index contributed by atoms with van der Waals surface area (Å²) in [6.07, 6.45) is 0.428. The number of nitrogens with zero attached hydrogens (tertiary/aromatic N) is 2. The van der Waals surface area contributed by atoms with Gasteiger partial charge < -0.3 is 15.5 Å². The van der Waals surface area contributed by atoms with Gasteiger partial charge in [0.2, 0.25) is 5.91 Å². The molecule has 0 bridgehead atoms. The second-order valence-corrected chi connectivity index (χ2v) is 4.77. The van der Waals surface area contributed by atoms with Gasteiger partial charge in [0.05, 0.1) is 6.42 Å². The molecule has 0 heterocycles. The number of carbonyl (C=O) groups excluding carboxylic acids is 1.